The molecular weight excluding hydrogens is 338 g/mol. The second-order valence-corrected chi connectivity index (χ2v) is 7.62. The van der Waals surface area contributed by atoms with Crippen molar-refractivity contribution in [2.24, 2.45) is 0 Å². The minimum atomic E-state index is 0.501. The van der Waals surface area contributed by atoms with Crippen LogP contribution >= 0.6 is 0 Å². The van der Waals surface area contributed by atoms with E-state index in [1.54, 1.807) is 6.33 Å². The minimum Gasteiger partial charge on any atom is -0.487 e. The highest BCUT2D eigenvalue weighted by Crippen LogP contribution is 2.30. The Kier molecular flexibility index (Phi) is 5.55. The molecule has 144 valence electrons. The van der Waals surface area contributed by atoms with Crippen LogP contribution < -0.4 is 10.1 Å². The first kappa shape index (κ1) is 18.2. The Balaban J connectivity index is 1.39. The van der Waals surface area contributed by atoms with Crippen LogP contribution in [-0.2, 0) is 13.0 Å². The van der Waals surface area contributed by atoms with Gasteiger partial charge >= 0.3 is 0 Å². The number of hydrogen-bond acceptors (Lipinski definition) is 6. The molecule has 1 N–H and O–H groups in total. The number of nitrogens with zero attached hydrogens (tertiary/aromatic N) is 4. The number of fused-ring (bicyclic) bond motifs is 2. The lowest BCUT2D eigenvalue weighted by atomic mass is 10.0. The molecule has 1 aromatic carbocycles. The average Bonchev–Trinajstić information content (AvgIpc) is 2.88. The maximum Gasteiger partial charge on any atom is 0.133 e. The van der Waals surface area contributed by atoms with E-state index >= 15 is 0 Å². The van der Waals surface area contributed by atoms with Gasteiger partial charge in [0.2, 0.25) is 0 Å². The Morgan fingerprint density at radius 2 is 1.96 bits per heavy atom. The number of hydrogen-bond donors (Lipinski definition) is 1. The van der Waals surface area contributed by atoms with Gasteiger partial charge in [0.25, 0.3) is 0 Å². The molecule has 27 heavy (non-hydrogen) atoms. The highest BCUT2D eigenvalue weighted by atomic mass is 16.5. The van der Waals surface area contributed by atoms with Gasteiger partial charge in [0, 0.05) is 50.7 Å². The van der Waals surface area contributed by atoms with Crippen LogP contribution in [0, 0.1) is 0 Å². The summed E-state index contributed by atoms with van der Waals surface area (Å²) in [6.07, 6.45) is 3.56. The number of ether oxygens (including phenoxy) is 1. The molecule has 1 fully saturated rings. The Morgan fingerprint density at radius 1 is 1.15 bits per heavy atom. The van der Waals surface area contributed by atoms with Gasteiger partial charge in [-0.25, -0.2) is 9.97 Å². The number of aromatic nitrogens is 2. The van der Waals surface area contributed by atoms with E-state index in [0.717, 1.165) is 68.4 Å². The van der Waals surface area contributed by atoms with Crippen LogP contribution in [0.15, 0.2) is 30.6 Å². The number of likely N-dealkylation sites (N-methyl/N-ethyl adjacent to an activating group) is 1. The van der Waals surface area contributed by atoms with Gasteiger partial charge in [-0.3, -0.25) is 4.90 Å². The van der Waals surface area contributed by atoms with E-state index < -0.39 is 0 Å². The Hall–Kier alpha value is -2.18. The van der Waals surface area contributed by atoms with Crippen LogP contribution in [0.2, 0.25) is 0 Å². The maximum atomic E-state index is 5.93. The van der Waals surface area contributed by atoms with Crippen molar-refractivity contribution in [2.45, 2.75) is 32.4 Å². The zero-order valence-corrected chi connectivity index (χ0v) is 16.3. The van der Waals surface area contributed by atoms with E-state index in [9.17, 15) is 0 Å². The fourth-order valence-corrected chi connectivity index (χ4v) is 3.88. The van der Waals surface area contributed by atoms with Crippen LogP contribution in [0.3, 0.4) is 0 Å². The van der Waals surface area contributed by atoms with Crippen LogP contribution in [0.5, 0.6) is 5.75 Å². The lowest BCUT2D eigenvalue weighted by Gasteiger charge is -2.36. The van der Waals surface area contributed by atoms with Crippen molar-refractivity contribution in [1.82, 2.24) is 19.8 Å². The van der Waals surface area contributed by atoms with E-state index in [1.165, 1.54) is 5.56 Å². The second-order valence-electron chi connectivity index (χ2n) is 7.62. The average molecular weight is 367 g/mol. The SMILES string of the molecule is CC(CCNc1ncnc2c1Cc1ccccc1OC2)N1CCN(C)CC1. The zero-order valence-electron chi connectivity index (χ0n) is 16.3. The molecule has 0 bridgehead atoms. The molecule has 1 atom stereocenters. The maximum absolute atomic E-state index is 5.93. The van der Waals surface area contributed by atoms with Crippen LogP contribution in [0.1, 0.15) is 30.2 Å². The van der Waals surface area contributed by atoms with Crippen molar-refractivity contribution in [1.29, 1.82) is 0 Å². The molecule has 2 aliphatic rings. The molecule has 4 rings (SSSR count). The molecule has 6 heteroatoms. The summed E-state index contributed by atoms with van der Waals surface area (Å²) >= 11 is 0. The predicted octanol–water partition coefficient (Wildman–Crippen LogP) is 2.40. The van der Waals surface area contributed by atoms with E-state index in [1.807, 2.05) is 12.1 Å². The fraction of sp³-hybridized carbons (Fsp3) is 0.524. The molecule has 1 unspecified atom stereocenters. The number of anilines is 1. The van der Waals surface area contributed by atoms with E-state index in [0.29, 0.717) is 12.6 Å². The molecule has 2 aliphatic heterocycles. The molecule has 1 saturated heterocycles. The van der Waals surface area contributed by atoms with Crippen molar-refractivity contribution in [3.05, 3.63) is 47.4 Å². The molecule has 0 spiro atoms. The van der Waals surface area contributed by atoms with Gasteiger partial charge in [-0.1, -0.05) is 18.2 Å². The van der Waals surface area contributed by atoms with Gasteiger partial charge < -0.3 is 15.0 Å². The molecule has 6 nitrogen and oxygen atoms in total. The fourth-order valence-electron chi connectivity index (χ4n) is 3.88. The first-order chi connectivity index (χ1) is 13.2. The van der Waals surface area contributed by atoms with Crippen molar-refractivity contribution in [3.8, 4) is 5.75 Å². The zero-order chi connectivity index (χ0) is 18.6. The van der Waals surface area contributed by atoms with Gasteiger partial charge in [0.15, 0.2) is 0 Å². The minimum absolute atomic E-state index is 0.501. The third-order valence-corrected chi connectivity index (χ3v) is 5.75. The molecule has 3 heterocycles. The quantitative estimate of drug-likeness (QED) is 0.876. The van der Waals surface area contributed by atoms with E-state index in [4.69, 9.17) is 4.74 Å². The van der Waals surface area contributed by atoms with Crippen molar-refractivity contribution in [2.75, 3.05) is 45.1 Å². The van der Waals surface area contributed by atoms with Crippen LogP contribution in [0.4, 0.5) is 5.82 Å². The van der Waals surface area contributed by atoms with Crippen molar-refractivity contribution in [3.63, 3.8) is 0 Å². The lowest BCUT2D eigenvalue weighted by molar-refractivity contribution is 0.116. The third-order valence-electron chi connectivity index (χ3n) is 5.75. The van der Waals surface area contributed by atoms with Gasteiger partial charge in [0.1, 0.15) is 24.5 Å². The molecular formula is C21H29N5O. The third kappa shape index (κ3) is 4.22. The van der Waals surface area contributed by atoms with Crippen molar-refractivity contribution >= 4 is 5.82 Å². The van der Waals surface area contributed by atoms with E-state index in [2.05, 4.69) is 51.2 Å². The normalized spacial score (nSPS) is 18.7. The summed E-state index contributed by atoms with van der Waals surface area (Å²) in [6, 6.07) is 8.80. The Labute approximate surface area is 161 Å². The molecule has 0 saturated carbocycles. The van der Waals surface area contributed by atoms with Crippen LogP contribution in [-0.4, -0.2) is 65.6 Å². The monoisotopic (exact) mass is 367 g/mol. The first-order valence-electron chi connectivity index (χ1n) is 9.90. The molecule has 0 aliphatic carbocycles. The summed E-state index contributed by atoms with van der Waals surface area (Å²) in [5.41, 5.74) is 3.34. The second kappa shape index (κ2) is 8.23. The summed E-state index contributed by atoms with van der Waals surface area (Å²) in [5, 5.41) is 3.57. The number of rotatable bonds is 5. The van der Waals surface area contributed by atoms with Gasteiger partial charge in [-0.2, -0.15) is 0 Å². The van der Waals surface area contributed by atoms with Gasteiger partial charge in [-0.05, 0) is 32.0 Å². The van der Waals surface area contributed by atoms with Gasteiger partial charge in [0.05, 0.1) is 5.69 Å². The molecule has 0 amide bonds. The predicted molar refractivity (Wildman–Crippen MR) is 107 cm³/mol. The topological polar surface area (TPSA) is 53.5 Å². The summed E-state index contributed by atoms with van der Waals surface area (Å²) in [4.78, 5) is 14.0. The van der Waals surface area contributed by atoms with Crippen molar-refractivity contribution < 1.29 is 4.74 Å². The summed E-state index contributed by atoms with van der Waals surface area (Å²) in [6.45, 7) is 8.40. The largest absolute Gasteiger partial charge is 0.487 e. The smallest absolute Gasteiger partial charge is 0.133 e. The highest BCUT2D eigenvalue weighted by Gasteiger charge is 2.20. The summed E-state index contributed by atoms with van der Waals surface area (Å²) in [7, 11) is 2.20. The standard InChI is InChI=1S/C21H29N5O/c1-16(26-11-9-25(2)10-12-26)7-8-22-21-18-13-17-5-3-4-6-20(17)27-14-19(18)23-15-24-21/h3-6,15-16H,7-14H2,1-2H3,(H,22,23,24). The Morgan fingerprint density at radius 3 is 2.81 bits per heavy atom. The number of benzene rings is 1. The number of piperazine rings is 1. The van der Waals surface area contributed by atoms with E-state index in [-0.39, 0.29) is 0 Å². The molecule has 1 aromatic heterocycles. The van der Waals surface area contributed by atoms with Gasteiger partial charge in [-0.15, -0.1) is 0 Å². The highest BCUT2D eigenvalue weighted by molar-refractivity contribution is 5.51. The Bertz CT molecular complexity index is 773. The lowest BCUT2D eigenvalue weighted by Crippen LogP contribution is -2.48. The summed E-state index contributed by atoms with van der Waals surface area (Å²) < 4.78 is 5.93. The first-order valence-corrected chi connectivity index (χ1v) is 9.90. The summed E-state index contributed by atoms with van der Waals surface area (Å²) in [5.74, 6) is 1.90. The number of nitrogens with one attached hydrogen (secondary N) is 1. The molecule has 2 aromatic rings. The molecule has 0 radical (unpaired) electrons. The van der Waals surface area contributed by atoms with Crippen LogP contribution in [0.25, 0.3) is 0 Å². The number of para-hydroxylation sites is 1.